The Bertz CT molecular complexity index is 2020. The summed E-state index contributed by atoms with van der Waals surface area (Å²) < 4.78 is 171. The van der Waals surface area contributed by atoms with Crippen molar-refractivity contribution in [3.8, 4) is 0 Å². The minimum atomic E-state index is -5.15. The molecular weight excluding hydrogens is 1030 g/mol. The van der Waals surface area contributed by atoms with Gasteiger partial charge in [0.1, 0.15) is 73.2 Å². The lowest BCUT2D eigenvalue weighted by Crippen LogP contribution is -2.66. The third-order valence-electron chi connectivity index (χ3n) is 11.8. The van der Waals surface area contributed by atoms with Gasteiger partial charge >= 0.3 is 31.2 Å². The van der Waals surface area contributed by atoms with Crippen molar-refractivity contribution in [1.82, 2.24) is 0 Å². The van der Waals surface area contributed by atoms with Crippen LogP contribution in [-0.4, -0.2) is 267 Å². The molecular formula is C33H59N3O31S3. The van der Waals surface area contributed by atoms with Crippen LogP contribution in [0.3, 0.4) is 0 Å². The highest BCUT2D eigenvalue weighted by Crippen LogP contribution is 2.34. The van der Waals surface area contributed by atoms with Crippen molar-refractivity contribution in [1.29, 1.82) is 0 Å². The van der Waals surface area contributed by atoms with E-state index in [4.69, 9.17) is 73.9 Å². The SMILES string of the molecule is NC1[C@@H](O[C@@H]2CO[C@@H](O[C@@H]3C(COS(=O)(=O)O)O[C@H](O[C@@H]4CO[C@@H](O[C@@H]5C(COS(=O)(=O)O)O[C@H](O)C(N)[C@H]5O)C[C@@H]4O)C(N)[C@H]3O)C[C@@H]2O)OC(COS(=O)(=O)O)[C@@H](O[C@H]2C[C@H](O)[C@H](O)CO2)[C@@H]1O. The van der Waals surface area contributed by atoms with Crippen molar-refractivity contribution >= 4 is 31.2 Å². The van der Waals surface area contributed by atoms with Crippen molar-refractivity contribution in [2.45, 2.75) is 167 Å². The number of aliphatic hydroxyl groups is 8. The Hall–Kier alpha value is -1.27. The third-order valence-corrected chi connectivity index (χ3v) is 13.1. The van der Waals surface area contributed by atoms with E-state index in [-0.39, 0.29) is 13.0 Å². The molecule has 0 aromatic carbocycles. The maximum atomic E-state index is 11.6. The van der Waals surface area contributed by atoms with Crippen LogP contribution in [0.5, 0.6) is 0 Å². The predicted octanol–water partition coefficient (Wildman–Crippen LogP) is -9.72. The molecule has 17 N–H and O–H groups in total. The molecule has 6 aliphatic heterocycles. The van der Waals surface area contributed by atoms with Gasteiger partial charge in [-0.3, -0.25) is 13.7 Å². The van der Waals surface area contributed by atoms with E-state index in [1.807, 2.05) is 0 Å². The van der Waals surface area contributed by atoms with Gasteiger partial charge in [0, 0.05) is 19.3 Å². The molecule has 6 saturated heterocycles. The minimum Gasteiger partial charge on any atom is -0.390 e. The molecule has 0 amide bonds. The summed E-state index contributed by atoms with van der Waals surface area (Å²) in [7, 11) is -15.2. The highest BCUT2D eigenvalue weighted by Gasteiger charge is 2.52. The summed E-state index contributed by atoms with van der Waals surface area (Å²) in [6.45, 7) is -4.36. The summed E-state index contributed by atoms with van der Waals surface area (Å²) in [5.41, 5.74) is 18.2. The second-order valence-electron chi connectivity index (χ2n) is 16.9. The summed E-state index contributed by atoms with van der Waals surface area (Å²) >= 11 is 0. The van der Waals surface area contributed by atoms with Gasteiger partial charge in [-0.25, -0.2) is 12.5 Å². The van der Waals surface area contributed by atoms with Crippen LogP contribution in [0.25, 0.3) is 0 Å². The van der Waals surface area contributed by atoms with E-state index >= 15 is 0 Å². The van der Waals surface area contributed by atoms with Crippen LogP contribution in [-0.2, 0) is 95.9 Å². The fourth-order valence-corrected chi connectivity index (χ4v) is 8.98. The molecule has 6 unspecified atom stereocenters. The second kappa shape index (κ2) is 24.2. The molecule has 6 aliphatic rings. The third kappa shape index (κ3) is 15.6. The molecule has 70 heavy (non-hydrogen) atoms. The number of rotatable bonds is 19. The molecule has 0 saturated carbocycles. The lowest BCUT2D eigenvalue weighted by molar-refractivity contribution is -0.346. The summed E-state index contributed by atoms with van der Waals surface area (Å²) in [6.07, 6.45) is -33.4. The topological polar surface area (TPSA) is 532 Å². The van der Waals surface area contributed by atoms with Crippen molar-refractivity contribution in [3.05, 3.63) is 0 Å². The maximum Gasteiger partial charge on any atom is 0.397 e. The quantitative estimate of drug-likeness (QED) is 0.0534. The summed E-state index contributed by atoms with van der Waals surface area (Å²) in [5, 5.41) is 85.2. The first kappa shape index (κ1) is 58.0. The largest absolute Gasteiger partial charge is 0.397 e. The zero-order chi connectivity index (χ0) is 51.6. The van der Waals surface area contributed by atoms with Crippen LogP contribution in [0.15, 0.2) is 0 Å². The molecule has 37 heteroatoms. The van der Waals surface area contributed by atoms with Crippen molar-refractivity contribution in [2.75, 3.05) is 39.6 Å². The standard InChI is InChI=1S/C33H59N3O31S3/c34-22-25(41)28(16(60-31(22)44)7-57-68(45,46)47)66-20-2-11(38)14(5-55-20)61-33-24(36)27(43)30(18(64-33)9-59-70(51,52)53)67-21-3-12(39)15(6-56-21)62-32-23(35)26(42)29(17(63-32)8-58-69(48,49)50)65-19-1-10(37)13(40)4-54-19/h10-33,37-44H,1-9,34-36H2,(H,45,46,47)(H,48,49,50)(H,51,52,53)/t10-,11-,12-,13+,14+,15+,16?,17?,18?,19-,20-,21-,22?,23?,24?,25+,26+,27+,28+,29+,30+,31-,32-,33-/m0/s1. The van der Waals surface area contributed by atoms with E-state index in [2.05, 4.69) is 12.5 Å². The fourth-order valence-electron chi connectivity index (χ4n) is 8.06. The van der Waals surface area contributed by atoms with Gasteiger partial charge < -0.3 is 110 Å². The molecule has 6 fully saturated rings. The Kier molecular flexibility index (Phi) is 20.0. The van der Waals surface area contributed by atoms with Crippen molar-refractivity contribution in [3.63, 3.8) is 0 Å². The predicted molar refractivity (Wildman–Crippen MR) is 214 cm³/mol. The first-order valence-corrected chi connectivity index (χ1v) is 25.3. The molecule has 0 bridgehead atoms. The van der Waals surface area contributed by atoms with E-state index in [1.165, 1.54) is 0 Å². The average molecular weight is 1090 g/mol. The van der Waals surface area contributed by atoms with Gasteiger partial charge in [0.2, 0.25) is 0 Å². The summed E-state index contributed by atoms with van der Waals surface area (Å²) in [5.74, 6) is 0. The summed E-state index contributed by atoms with van der Waals surface area (Å²) in [4.78, 5) is 0. The zero-order valence-electron chi connectivity index (χ0n) is 36.3. The smallest absolute Gasteiger partial charge is 0.390 e. The molecule has 0 aliphatic carbocycles. The van der Waals surface area contributed by atoms with E-state index in [0.29, 0.717) is 0 Å². The fraction of sp³-hybridized carbons (Fsp3) is 1.00. The van der Waals surface area contributed by atoms with Gasteiger partial charge in [-0.1, -0.05) is 0 Å². The van der Waals surface area contributed by atoms with Crippen LogP contribution in [0.1, 0.15) is 19.3 Å². The lowest BCUT2D eigenvalue weighted by Gasteiger charge is -2.47. The molecule has 0 radical (unpaired) electrons. The van der Waals surface area contributed by atoms with Gasteiger partial charge in [-0.05, 0) is 0 Å². The zero-order valence-corrected chi connectivity index (χ0v) is 38.7. The maximum absolute atomic E-state index is 11.6. The number of nitrogens with two attached hydrogens (primary N) is 3. The first-order chi connectivity index (χ1) is 32.6. The Balaban J connectivity index is 1.05. The minimum absolute atomic E-state index is 0.279. The monoisotopic (exact) mass is 1090 g/mol. The van der Waals surface area contributed by atoms with Crippen molar-refractivity contribution in [2.24, 2.45) is 17.2 Å². The highest BCUT2D eigenvalue weighted by atomic mass is 32.3. The van der Waals surface area contributed by atoms with Gasteiger partial charge in [-0.2, -0.15) is 25.3 Å². The normalized spacial score (nSPS) is 45.9. The van der Waals surface area contributed by atoms with Crippen molar-refractivity contribution < 1.29 is 144 Å². The number of ether oxygens (including phenoxy) is 11. The molecule has 0 aromatic heterocycles. The Labute approximate surface area is 398 Å². The molecule has 410 valence electrons. The highest BCUT2D eigenvalue weighted by molar-refractivity contribution is 7.81. The van der Waals surface area contributed by atoms with E-state index < -0.39 is 224 Å². The molecule has 34 nitrogen and oxygen atoms in total. The van der Waals surface area contributed by atoms with Crippen LogP contribution >= 0.6 is 0 Å². The van der Waals surface area contributed by atoms with Crippen LogP contribution in [0, 0.1) is 0 Å². The van der Waals surface area contributed by atoms with E-state index in [9.17, 15) is 75.2 Å². The average Bonchev–Trinajstić information content (AvgIpc) is 3.26. The molecule has 6 heterocycles. The van der Waals surface area contributed by atoms with Crippen LogP contribution < -0.4 is 17.2 Å². The molecule has 24 atom stereocenters. The Morgan fingerprint density at radius 3 is 1.10 bits per heavy atom. The van der Waals surface area contributed by atoms with Gasteiger partial charge in [0.25, 0.3) is 0 Å². The summed E-state index contributed by atoms with van der Waals surface area (Å²) in [6, 6.07) is -4.52. The second-order valence-corrected chi connectivity index (χ2v) is 20.2. The van der Waals surface area contributed by atoms with E-state index in [0.717, 1.165) is 0 Å². The van der Waals surface area contributed by atoms with Crippen LogP contribution in [0.4, 0.5) is 0 Å². The van der Waals surface area contributed by atoms with Gasteiger partial charge in [0.15, 0.2) is 37.7 Å². The number of hydrogen-bond donors (Lipinski definition) is 14. The van der Waals surface area contributed by atoms with Gasteiger partial charge in [0.05, 0.1) is 76.1 Å². The van der Waals surface area contributed by atoms with Crippen LogP contribution in [0.2, 0.25) is 0 Å². The Morgan fingerprint density at radius 2 is 0.757 bits per heavy atom. The molecule has 0 spiro atoms. The number of aliphatic hydroxyl groups excluding tert-OH is 8. The van der Waals surface area contributed by atoms with E-state index in [1.54, 1.807) is 0 Å². The lowest BCUT2D eigenvalue weighted by atomic mass is 9.96. The first-order valence-electron chi connectivity index (χ1n) is 21.2. The molecule has 6 rings (SSSR count). The molecule has 0 aromatic rings. The Morgan fingerprint density at radius 1 is 0.429 bits per heavy atom. The van der Waals surface area contributed by atoms with Gasteiger partial charge in [-0.15, -0.1) is 0 Å². The number of hydrogen-bond acceptors (Lipinski definition) is 31.